The quantitative estimate of drug-likeness (QED) is 0.650. The van der Waals surface area contributed by atoms with Gasteiger partial charge in [-0.15, -0.1) is 0 Å². The van der Waals surface area contributed by atoms with Crippen LogP contribution in [0, 0.1) is 13.8 Å². The lowest BCUT2D eigenvalue weighted by Crippen LogP contribution is -2.29. The van der Waals surface area contributed by atoms with Gasteiger partial charge < -0.3 is 4.42 Å². The Morgan fingerprint density at radius 3 is 2.59 bits per heavy atom. The molecule has 1 heterocycles. The molecule has 2 rings (SSSR count). The first kappa shape index (κ1) is 12.2. The molecule has 0 aliphatic rings. The van der Waals surface area contributed by atoms with Crippen LogP contribution in [0.2, 0.25) is 5.02 Å². The minimum Gasteiger partial charge on any atom is -0.469 e. The molecule has 1 atom stereocenters. The Morgan fingerprint density at radius 1 is 1.29 bits per heavy atom. The van der Waals surface area contributed by atoms with E-state index >= 15 is 0 Å². The number of rotatable bonds is 3. The number of nitrogens with one attached hydrogen (secondary N) is 1. The molecule has 4 heteroatoms. The molecule has 0 saturated heterocycles. The van der Waals surface area contributed by atoms with E-state index in [1.54, 1.807) is 6.26 Å². The average Bonchev–Trinajstić information content (AvgIpc) is 2.71. The number of hydrazine groups is 1. The van der Waals surface area contributed by atoms with Gasteiger partial charge in [-0.05, 0) is 37.1 Å². The Kier molecular flexibility index (Phi) is 3.52. The molecule has 0 fully saturated rings. The maximum absolute atomic E-state index is 6.12. The van der Waals surface area contributed by atoms with E-state index in [4.69, 9.17) is 21.9 Å². The number of aryl methyl sites for hydroxylation is 2. The zero-order valence-electron chi connectivity index (χ0n) is 9.83. The van der Waals surface area contributed by atoms with Crippen molar-refractivity contribution in [2.75, 3.05) is 0 Å². The van der Waals surface area contributed by atoms with E-state index in [1.807, 2.05) is 38.1 Å². The minimum absolute atomic E-state index is 0.105. The van der Waals surface area contributed by atoms with Gasteiger partial charge in [0.15, 0.2) is 0 Å². The molecule has 17 heavy (non-hydrogen) atoms. The summed E-state index contributed by atoms with van der Waals surface area (Å²) in [7, 11) is 0. The van der Waals surface area contributed by atoms with Gasteiger partial charge in [0.05, 0.1) is 12.3 Å². The van der Waals surface area contributed by atoms with Crippen LogP contribution in [0.4, 0.5) is 0 Å². The molecule has 1 aromatic carbocycles. The molecule has 0 amide bonds. The summed E-state index contributed by atoms with van der Waals surface area (Å²) in [6, 6.07) is 7.73. The highest BCUT2D eigenvalue weighted by molar-refractivity contribution is 6.31. The normalized spacial score (nSPS) is 12.7. The van der Waals surface area contributed by atoms with Crippen LogP contribution >= 0.6 is 11.6 Å². The fraction of sp³-hybridized carbons (Fsp3) is 0.231. The lowest BCUT2D eigenvalue weighted by molar-refractivity contribution is 0.520. The van der Waals surface area contributed by atoms with Crippen LogP contribution in [0.25, 0.3) is 0 Å². The molecule has 0 spiro atoms. The van der Waals surface area contributed by atoms with Crippen molar-refractivity contribution in [3.8, 4) is 0 Å². The standard InChI is InChI=1S/C13H15ClN2O/c1-8-3-4-10(7-12(8)14)13(16-15)11-5-6-17-9(11)2/h3-7,13,16H,15H2,1-2H3. The summed E-state index contributed by atoms with van der Waals surface area (Å²) in [4.78, 5) is 0. The Hall–Kier alpha value is -1.29. The molecular weight excluding hydrogens is 236 g/mol. The van der Waals surface area contributed by atoms with Gasteiger partial charge in [-0.1, -0.05) is 23.7 Å². The van der Waals surface area contributed by atoms with E-state index in [0.717, 1.165) is 27.5 Å². The van der Waals surface area contributed by atoms with Crippen molar-refractivity contribution in [1.82, 2.24) is 5.43 Å². The predicted molar refractivity (Wildman–Crippen MR) is 68.8 cm³/mol. The van der Waals surface area contributed by atoms with Gasteiger partial charge in [-0.2, -0.15) is 0 Å². The van der Waals surface area contributed by atoms with Crippen molar-refractivity contribution < 1.29 is 4.42 Å². The van der Waals surface area contributed by atoms with Crippen LogP contribution < -0.4 is 11.3 Å². The lowest BCUT2D eigenvalue weighted by atomic mass is 9.99. The molecule has 1 aromatic heterocycles. The topological polar surface area (TPSA) is 51.2 Å². The van der Waals surface area contributed by atoms with Crippen molar-refractivity contribution in [2.24, 2.45) is 5.84 Å². The molecule has 3 N–H and O–H groups in total. The number of nitrogens with two attached hydrogens (primary N) is 1. The molecule has 90 valence electrons. The van der Waals surface area contributed by atoms with Crippen LogP contribution in [0.1, 0.15) is 28.5 Å². The maximum Gasteiger partial charge on any atom is 0.105 e. The van der Waals surface area contributed by atoms with Gasteiger partial charge in [0.2, 0.25) is 0 Å². The third-order valence-electron chi connectivity index (χ3n) is 2.91. The fourth-order valence-electron chi connectivity index (χ4n) is 1.85. The summed E-state index contributed by atoms with van der Waals surface area (Å²) in [5.74, 6) is 6.47. The largest absolute Gasteiger partial charge is 0.469 e. The zero-order chi connectivity index (χ0) is 12.4. The Labute approximate surface area is 106 Å². The third-order valence-corrected chi connectivity index (χ3v) is 3.31. The lowest BCUT2D eigenvalue weighted by Gasteiger charge is -2.16. The van der Waals surface area contributed by atoms with Crippen molar-refractivity contribution >= 4 is 11.6 Å². The van der Waals surface area contributed by atoms with Crippen LogP contribution in [0.15, 0.2) is 34.9 Å². The van der Waals surface area contributed by atoms with Crippen molar-refractivity contribution in [3.63, 3.8) is 0 Å². The molecule has 0 aliphatic carbocycles. The van der Waals surface area contributed by atoms with Gasteiger partial charge in [-0.3, -0.25) is 5.84 Å². The summed E-state index contributed by atoms with van der Waals surface area (Å²) in [6.07, 6.45) is 1.66. The highest BCUT2D eigenvalue weighted by Gasteiger charge is 2.17. The zero-order valence-corrected chi connectivity index (χ0v) is 10.6. The van der Waals surface area contributed by atoms with Gasteiger partial charge in [0.1, 0.15) is 5.76 Å². The monoisotopic (exact) mass is 250 g/mol. The van der Waals surface area contributed by atoms with E-state index in [9.17, 15) is 0 Å². The summed E-state index contributed by atoms with van der Waals surface area (Å²) in [5, 5.41) is 0.740. The van der Waals surface area contributed by atoms with E-state index in [1.165, 1.54) is 0 Å². The van der Waals surface area contributed by atoms with Gasteiger partial charge in [0, 0.05) is 10.6 Å². The van der Waals surface area contributed by atoms with Gasteiger partial charge >= 0.3 is 0 Å². The average molecular weight is 251 g/mol. The molecule has 0 radical (unpaired) electrons. The van der Waals surface area contributed by atoms with E-state index in [-0.39, 0.29) is 6.04 Å². The maximum atomic E-state index is 6.12. The van der Waals surface area contributed by atoms with Crippen LogP contribution in [0.3, 0.4) is 0 Å². The number of hydrogen-bond acceptors (Lipinski definition) is 3. The predicted octanol–water partition coefficient (Wildman–Crippen LogP) is 3.10. The Balaban J connectivity index is 2.42. The second kappa shape index (κ2) is 4.92. The molecule has 1 unspecified atom stereocenters. The van der Waals surface area contributed by atoms with Crippen molar-refractivity contribution in [2.45, 2.75) is 19.9 Å². The molecule has 0 aliphatic heterocycles. The second-order valence-electron chi connectivity index (χ2n) is 4.04. The number of furan rings is 1. The first-order chi connectivity index (χ1) is 8.13. The van der Waals surface area contributed by atoms with Crippen molar-refractivity contribution in [1.29, 1.82) is 0 Å². The Morgan fingerprint density at radius 2 is 2.06 bits per heavy atom. The number of halogens is 1. The first-order valence-electron chi connectivity index (χ1n) is 5.39. The summed E-state index contributed by atoms with van der Waals surface area (Å²) >= 11 is 6.12. The summed E-state index contributed by atoms with van der Waals surface area (Å²) in [6.45, 7) is 3.88. The molecular formula is C13H15ClN2O. The van der Waals surface area contributed by atoms with E-state index < -0.39 is 0 Å². The minimum atomic E-state index is -0.105. The number of hydrogen-bond donors (Lipinski definition) is 2. The Bertz CT molecular complexity index is 522. The molecule has 0 saturated carbocycles. The number of benzene rings is 1. The smallest absolute Gasteiger partial charge is 0.105 e. The highest BCUT2D eigenvalue weighted by atomic mass is 35.5. The summed E-state index contributed by atoms with van der Waals surface area (Å²) < 4.78 is 5.29. The highest BCUT2D eigenvalue weighted by Crippen LogP contribution is 2.28. The third kappa shape index (κ3) is 2.36. The van der Waals surface area contributed by atoms with Crippen LogP contribution in [0.5, 0.6) is 0 Å². The van der Waals surface area contributed by atoms with Crippen LogP contribution in [-0.4, -0.2) is 0 Å². The summed E-state index contributed by atoms with van der Waals surface area (Å²) in [5.41, 5.74) is 5.88. The van der Waals surface area contributed by atoms with Gasteiger partial charge in [-0.25, -0.2) is 5.43 Å². The molecule has 2 aromatic rings. The van der Waals surface area contributed by atoms with E-state index in [2.05, 4.69) is 5.43 Å². The SMILES string of the molecule is Cc1ccc(C(NN)c2ccoc2C)cc1Cl. The second-order valence-corrected chi connectivity index (χ2v) is 4.45. The van der Waals surface area contributed by atoms with Crippen molar-refractivity contribution in [3.05, 3.63) is 58.0 Å². The molecule has 0 bridgehead atoms. The van der Waals surface area contributed by atoms with Gasteiger partial charge in [0.25, 0.3) is 0 Å². The van der Waals surface area contributed by atoms with E-state index in [0.29, 0.717) is 0 Å². The van der Waals surface area contributed by atoms with Crippen LogP contribution in [-0.2, 0) is 0 Å². The fourth-order valence-corrected chi connectivity index (χ4v) is 2.04. The first-order valence-corrected chi connectivity index (χ1v) is 5.77. The molecule has 3 nitrogen and oxygen atoms in total.